The number of nitrogens with zero attached hydrogens (tertiary/aromatic N) is 1. The number of carbonyl (C=O) groups is 3. The molecule has 1 fully saturated rings. The lowest BCUT2D eigenvalue weighted by Crippen LogP contribution is -2.57. The third-order valence-electron chi connectivity index (χ3n) is 4.19. The lowest BCUT2D eigenvalue weighted by Gasteiger charge is -2.34. The number of hydrogen-bond donors (Lipinski definition) is 1. The quantitative estimate of drug-likeness (QED) is 0.555. The summed E-state index contributed by atoms with van der Waals surface area (Å²) in [5.41, 5.74) is 0.449. The van der Waals surface area contributed by atoms with Gasteiger partial charge in [-0.05, 0) is 44.5 Å². The van der Waals surface area contributed by atoms with Crippen molar-refractivity contribution in [2.24, 2.45) is 0 Å². The predicted octanol–water partition coefficient (Wildman–Crippen LogP) is 2.15. The van der Waals surface area contributed by atoms with Gasteiger partial charge in [0.2, 0.25) is 5.91 Å². The molecular weight excluding hydrogens is 348 g/mol. The van der Waals surface area contributed by atoms with E-state index in [1.807, 2.05) is 20.8 Å². The second-order valence-electron chi connectivity index (χ2n) is 6.77. The Balaban J connectivity index is 2.07. The minimum Gasteiger partial charge on any atom is -0.491 e. The number of carbonyl (C=O) groups excluding carboxylic acids is 3. The van der Waals surface area contributed by atoms with E-state index >= 15 is 0 Å². The molecule has 0 spiro atoms. The van der Waals surface area contributed by atoms with Gasteiger partial charge in [-0.3, -0.25) is 14.4 Å². The van der Waals surface area contributed by atoms with Crippen LogP contribution in [0.4, 0.5) is 0 Å². The van der Waals surface area contributed by atoms with Crippen molar-refractivity contribution in [3.8, 4) is 5.75 Å². The molecule has 1 heterocycles. The van der Waals surface area contributed by atoms with Crippen LogP contribution in [0.25, 0.3) is 0 Å². The smallest absolute Gasteiger partial charge is 0.308 e. The van der Waals surface area contributed by atoms with E-state index in [4.69, 9.17) is 9.47 Å². The van der Waals surface area contributed by atoms with E-state index < -0.39 is 12.0 Å². The molecule has 1 saturated heterocycles. The van der Waals surface area contributed by atoms with Gasteiger partial charge in [0.1, 0.15) is 11.8 Å². The van der Waals surface area contributed by atoms with Crippen molar-refractivity contribution in [2.45, 2.75) is 52.2 Å². The molecule has 1 N–H and O–H groups in total. The highest BCUT2D eigenvalue weighted by Gasteiger charge is 2.35. The van der Waals surface area contributed by atoms with Crippen LogP contribution in [-0.2, 0) is 14.3 Å². The second-order valence-corrected chi connectivity index (χ2v) is 6.77. The van der Waals surface area contributed by atoms with Crippen LogP contribution in [0.2, 0.25) is 0 Å². The fourth-order valence-corrected chi connectivity index (χ4v) is 2.82. The van der Waals surface area contributed by atoms with E-state index in [9.17, 15) is 14.4 Å². The Hall–Kier alpha value is -2.57. The van der Waals surface area contributed by atoms with Crippen LogP contribution in [0.5, 0.6) is 5.75 Å². The first-order chi connectivity index (χ1) is 12.9. The van der Waals surface area contributed by atoms with E-state index in [1.165, 1.54) is 4.90 Å². The van der Waals surface area contributed by atoms with Crippen LogP contribution in [0.1, 0.15) is 50.4 Å². The monoisotopic (exact) mass is 376 g/mol. The average molecular weight is 376 g/mol. The SMILES string of the molecule is CCCCOC(=O)C[C@@H]1C(=O)NCCN1C(=O)c1ccc(OC(C)C)cc1. The summed E-state index contributed by atoms with van der Waals surface area (Å²) >= 11 is 0. The zero-order valence-corrected chi connectivity index (χ0v) is 16.2. The van der Waals surface area contributed by atoms with Gasteiger partial charge in [0.05, 0.1) is 19.1 Å². The highest BCUT2D eigenvalue weighted by molar-refractivity contribution is 5.99. The molecule has 1 aliphatic rings. The molecule has 1 aromatic rings. The van der Waals surface area contributed by atoms with Crippen molar-refractivity contribution in [1.29, 1.82) is 0 Å². The first kappa shape index (κ1) is 20.7. The Morgan fingerprint density at radius 1 is 1.26 bits per heavy atom. The van der Waals surface area contributed by atoms with Crippen LogP contribution in [0.15, 0.2) is 24.3 Å². The fourth-order valence-electron chi connectivity index (χ4n) is 2.82. The third kappa shape index (κ3) is 5.98. The molecule has 0 saturated carbocycles. The predicted molar refractivity (Wildman–Crippen MR) is 101 cm³/mol. The number of unbranched alkanes of at least 4 members (excludes halogenated alkanes) is 1. The fraction of sp³-hybridized carbons (Fsp3) is 0.550. The van der Waals surface area contributed by atoms with Gasteiger partial charge < -0.3 is 19.7 Å². The lowest BCUT2D eigenvalue weighted by atomic mass is 10.1. The Morgan fingerprint density at radius 2 is 1.96 bits per heavy atom. The maximum absolute atomic E-state index is 12.9. The van der Waals surface area contributed by atoms with E-state index in [2.05, 4.69) is 5.32 Å². The molecular formula is C20H28N2O5. The summed E-state index contributed by atoms with van der Waals surface area (Å²) < 4.78 is 10.7. The van der Waals surface area contributed by atoms with E-state index in [1.54, 1.807) is 24.3 Å². The summed E-state index contributed by atoms with van der Waals surface area (Å²) in [6.07, 6.45) is 1.59. The van der Waals surface area contributed by atoms with Crippen LogP contribution >= 0.6 is 0 Å². The molecule has 0 aliphatic carbocycles. The summed E-state index contributed by atoms with van der Waals surface area (Å²) in [5.74, 6) is -0.410. The first-order valence-corrected chi connectivity index (χ1v) is 9.43. The average Bonchev–Trinajstić information content (AvgIpc) is 2.63. The Morgan fingerprint density at radius 3 is 2.59 bits per heavy atom. The minimum atomic E-state index is -0.855. The maximum atomic E-state index is 12.9. The van der Waals surface area contributed by atoms with Gasteiger partial charge in [-0.15, -0.1) is 0 Å². The summed E-state index contributed by atoms with van der Waals surface area (Å²) in [6, 6.07) is 5.94. The zero-order chi connectivity index (χ0) is 19.8. The number of ether oxygens (including phenoxy) is 2. The summed E-state index contributed by atoms with van der Waals surface area (Å²) in [4.78, 5) is 38.6. The van der Waals surface area contributed by atoms with Crippen molar-refractivity contribution < 1.29 is 23.9 Å². The van der Waals surface area contributed by atoms with Gasteiger partial charge >= 0.3 is 5.97 Å². The molecule has 0 aromatic heterocycles. The molecule has 148 valence electrons. The minimum absolute atomic E-state index is 0.0421. The topological polar surface area (TPSA) is 84.9 Å². The van der Waals surface area contributed by atoms with Crippen LogP contribution in [-0.4, -0.2) is 54.5 Å². The van der Waals surface area contributed by atoms with E-state index in [0.29, 0.717) is 31.0 Å². The first-order valence-electron chi connectivity index (χ1n) is 9.43. The van der Waals surface area contributed by atoms with Gasteiger partial charge in [-0.25, -0.2) is 0 Å². The summed E-state index contributed by atoms with van der Waals surface area (Å²) in [6.45, 7) is 6.89. The normalized spacial score (nSPS) is 16.8. The third-order valence-corrected chi connectivity index (χ3v) is 4.19. The second kappa shape index (κ2) is 9.94. The van der Waals surface area contributed by atoms with Crippen LogP contribution < -0.4 is 10.1 Å². The standard InChI is InChI=1S/C20H28N2O5/c1-4-5-12-26-18(23)13-17-19(24)21-10-11-22(17)20(25)15-6-8-16(9-7-15)27-14(2)3/h6-9,14,17H,4-5,10-13H2,1-3H3,(H,21,24)/t17-/m1/s1. The van der Waals surface area contributed by atoms with Gasteiger partial charge in [-0.1, -0.05) is 13.3 Å². The molecule has 7 nitrogen and oxygen atoms in total. The molecule has 1 aliphatic heterocycles. The summed E-state index contributed by atoms with van der Waals surface area (Å²) in [7, 11) is 0. The largest absolute Gasteiger partial charge is 0.491 e. The number of amides is 2. The van der Waals surface area contributed by atoms with Crippen molar-refractivity contribution in [2.75, 3.05) is 19.7 Å². The van der Waals surface area contributed by atoms with E-state index in [-0.39, 0.29) is 24.3 Å². The molecule has 2 rings (SSSR count). The number of nitrogens with one attached hydrogen (secondary N) is 1. The molecule has 27 heavy (non-hydrogen) atoms. The molecule has 7 heteroatoms. The van der Waals surface area contributed by atoms with Crippen molar-refractivity contribution >= 4 is 17.8 Å². The number of hydrogen-bond acceptors (Lipinski definition) is 5. The van der Waals surface area contributed by atoms with Crippen molar-refractivity contribution in [1.82, 2.24) is 10.2 Å². The van der Waals surface area contributed by atoms with E-state index in [0.717, 1.165) is 12.8 Å². The zero-order valence-electron chi connectivity index (χ0n) is 16.2. The lowest BCUT2D eigenvalue weighted by molar-refractivity contribution is -0.147. The van der Waals surface area contributed by atoms with Crippen LogP contribution in [0.3, 0.4) is 0 Å². The van der Waals surface area contributed by atoms with Crippen LogP contribution in [0, 0.1) is 0 Å². The van der Waals surface area contributed by atoms with Crippen molar-refractivity contribution in [3.05, 3.63) is 29.8 Å². The van der Waals surface area contributed by atoms with Gasteiger partial charge in [0.15, 0.2) is 0 Å². The van der Waals surface area contributed by atoms with Gasteiger partial charge in [0.25, 0.3) is 5.91 Å². The molecule has 0 radical (unpaired) electrons. The Kier molecular flexibility index (Phi) is 7.64. The number of esters is 1. The Labute approximate surface area is 160 Å². The Bertz CT molecular complexity index is 657. The maximum Gasteiger partial charge on any atom is 0.308 e. The van der Waals surface area contributed by atoms with Gasteiger partial charge in [0, 0.05) is 18.7 Å². The summed E-state index contributed by atoms with van der Waals surface area (Å²) in [5, 5.41) is 2.71. The number of piperazine rings is 1. The highest BCUT2D eigenvalue weighted by atomic mass is 16.5. The van der Waals surface area contributed by atoms with Gasteiger partial charge in [-0.2, -0.15) is 0 Å². The molecule has 0 bridgehead atoms. The molecule has 2 amide bonds. The number of benzene rings is 1. The highest BCUT2D eigenvalue weighted by Crippen LogP contribution is 2.18. The molecule has 1 atom stereocenters. The van der Waals surface area contributed by atoms with Crippen molar-refractivity contribution in [3.63, 3.8) is 0 Å². The molecule has 0 unspecified atom stereocenters. The number of rotatable bonds is 8. The molecule has 1 aromatic carbocycles.